The van der Waals surface area contributed by atoms with Crippen LogP contribution < -0.4 is 4.90 Å². The Morgan fingerprint density at radius 2 is 1.93 bits per heavy atom. The quantitative estimate of drug-likeness (QED) is 0.401. The van der Waals surface area contributed by atoms with Gasteiger partial charge in [0.1, 0.15) is 5.69 Å². The van der Waals surface area contributed by atoms with Gasteiger partial charge in [-0.25, -0.2) is 4.98 Å². The second-order valence-electron chi connectivity index (χ2n) is 7.19. The van der Waals surface area contributed by atoms with Crippen molar-refractivity contribution in [1.82, 2.24) is 14.8 Å². The smallest absolute Gasteiger partial charge is 0.278 e. The molecule has 0 bridgehead atoms. The number of halogens is 1. The average molecular weight is 425 g/mol. The zero-order valence-corrected chi connectivity index (χ0v) is 18.0. The summed E-state index contributed by atoms with van der Waals surface area (Å²) in [6, 6.07) is 17.4. The number of nitrogens with zero attached hydrogens (tertiary/aromatic N) is 4. The minimum Gasteiger partial charge on any atom is -0.278 e. The van der Waals surface area contributed by atoms with Crippen LogP contribution in [0, 0.1) is 6.92 Å². The summed E-state index contributed by atoms with van der Waals surface area (Å²) in [7, 11) is 0. The molecule has 4 aromatic rings. The van der Waals surface area contributed by atoms with Gasteiger partial charge in [0.25, 0.3) is 5.91 Å². The van der Waals surface area contributed by atoms with E-state index in [1.165, 1.54) is 11.3 Å². The Morgan fingerprint density at radius 3 is 2.66 bits per heavy atom. The van der Waals surface area contributed by atoms with Gasteiger partial charge in [0.15, 0.2) is 5.13 Å². The van der Waals surface area contributed by atoms with E-state index in [9.17, 15) is 4.79 Å². The van der Waals surface area contributed by atoms with Gasteiger partial charge in [-0.05, 0) is 50.6 Å². The molecule has 5 nitrogen and oxygen atoms in total. The molecule has 0 aliphatic rings. The highest BCUT2D eigenvalue weighted by Gasteiger charge is 2.26. The van der Waals surface area contributed by atoms with E-state index in [2.05, 4.69) is 5.10 Å². The third kappa shape index (κ3) is 4.04. The molecular formula is C22H21ClN4OS. The number of fused-ring (bicyclic) bond motifs is 1. The van der Waals surface area contributed by atoms with Crippen molar-refractivity contribution in [3.8, 4) is 0 Å². The molecule has 0 N–H and O–H groups in total. The number of rotatable bonds is 5. The number of carbonyl (C=O) groups excluding carboxylic acids is 1. The van der Waals surface area contributed by atoms with Gasteiger partial charge < -0.3 is 0 Å². The van der Waals surface area contributed by atoms with Crippen molar-refractivity contribution < 1.29 is 4.79 Å². The summed E-state index contributed by atoms with van der Waals surface area (Å²) in [6.07, 6.45) is 0. The number of hydrogen-bond donors (Lipinski definition) is 0. The second kappa shape index (κ2) is 7.97. The number of anilines is 1. The summed E-state index contributed by atoms with van der Waals surface area (Å²) in [4.78, 5) is 20.1. The van der Waals surface area contributed by atoms with E-state index in [4.69, 9.17) is 16.6 Å². The number of hydrogen-bond acceptors (Lipinski definition) is 4. The first-order chi connectivity index (χ1) is 13.9. The van der Waals surface area contributed by atoms with Gasteiger partial charge >= 0.3 is 0 Å². The molecule has 0 radical (unpaired) electrons. The monoisotopic (exact) mass is 424 g/mol. The van der Waals surface area contributed by atoms with Gasteiger partial charge in [0.05, 0.1) is 22.5 Å². The fourth-order valence-corrected chi connectivity index (χ4v) is 4.44. The first-order valence-corrected chi connectivity index (χ1v) is 10.6. The molecule has 0 saturated carbocycles. The molecule has 0 atom stereocenters. The average Bonchev–Trinajstić information content (AvgIpc) is 3.29. The third-order valence-corrected chi connectivity index (χ3v) is 5.84. The summed E-state index contributed by atoms with van der Waals surface area (Å²) >= 11 is 7.60. The predicted molar refractivity (Wildman–Crippen MR) is 119 cm³/mol. The molecule has 148 valence electrons. The lowest BCUT2D eigenvalue weighted by molar-refractivity contribution is 0.0973. The largest absolute Gasteiger partial charge is 0.278 e. The molecule has 2 aromatic heterocycles. The fourth-order valence-electron chi connectivity index (χ4n) is 3.20. The minimum absolute atomic E-state index is 0.0791. The molecule has 2 heterocycles. The summed E-state index contributed by atoms with van der Waals surface area (Å²) in [5, 5.41) is 5.80. The lowest BCUT2D eigenvalue weighted by Crippen LogP contribution is -2.32. The Balaban J connectivity index is 1.80. The molecule has 7 heteroatoms. The SMILES string of the molecule is Cc1cc(C(=O)N(Cc2ccccc2)c2nc3ccc(Cl)cc3s2)n(C(C)C)n1. The molecular weight excluding hydrogens is 404 g/mol. The van der Waals surface area contributed by atoms with Gasteiger partial charge in [0.2, 0.25) is 0 Å². The zero-order valence-electron chi connectivity index (χ0n) is 16.5. The van der Waals surface area contributed by atoms with Gasteiger partial charge in [-0.15, -0.1) is 0 Å². The Labute approximate surface area is 178 Å². The van der Waals surface area contributed by atoms with E-state index < -0.39 is 0 Å². The van der Waals surface area contributed by atoms with Crippen LogP contribution in [-0.4, -0.2) is 20.7 Å². The number of benzene rings is 2. The van der Waals surface area contributed by atoms with Crippen LogP contribution in [-0.2, 0) is 6.54 Å². The van der Waals surface area contributed by atoms with Gasteiger partial charge in [-0.2, -0.15) is 5.10 Å². The molecule has 2 aromatic carbocycles. The van der Waals surface area contributed by atoms with E-state index in [1.54, 1.807) is 9.58 Å². The Bertz CT molecular complexity index is 1170. The van der Waals surface area contributed by atoms with E-state index in [-0.39, 0.29) is 11.9 Å². The molecule has 4 rings (SSSR count). The highest BCUT2D eigenvalue weighted by Crippen LogP contribution is 2.32. The van der Waals surface area contributed by atoms with Crippen LogP contribution in [0.5, 0.6) is 0 Å². The summed E-state index contributed by atoms with van der Waals surface area (Å²) in [6.45, 7) is 6.36. The van der Waals surface area contributed by atoms with Crippen molar-refractivity contribution in [2.75, 3.05) is 4.90 Å². The maximum Gasteiger partial charge on any atom is 0.278 e. The topological polar surface area (TPSA) is 51.0 Å². The lowest BCUT2D eigenvalue weighted by Gasteiger charge is -2.21. The number of carbonyl (C=O) groups is 1. The van der Waals surface area contributed by atoms with Crippen LogP contribution in [0.1, 0.15) is 41.6 Å². The molecule has 0 saturated heterocycles. The molecule has 0 aliphatic carbocycles. The summed E-state index contributed by atoms with van der Waals surface area (Å²) in [5.41, 5.74) is 3.24. The second-order valence-corrected chi connectivity index (χ2v) is 8.64. The number of aryl methyl sites for hydroxylation is 1. The highest BCUT2D eigenvalue weighted by molar-refractivity contribution is 7.22. The zero-order chi connectivity index (χ0) is 20.5. The van der Waals surface area contributed by atoms with Crippen molar-refractivity contribution in [2.24, 2.45) is 0 Å². The maximum absolute atomic E-state index is 13.6. The Morgan fingerprint density at radius 1 is 1.17 bits per heavy atom. The van der Waals surface area contributed by atoms with Crippen molar-refractivity contribution in [3.05, 3.63) is 76.6 Å². The van der Waals surface area contributed by atoms with Crippen molar-refractivity contribution >= 4 is 44.2 Å². The van der Waals surface area contributed by atoms with Crippen molar-refractivity contribution in [2.45, 2.75) is 33.4 Å². The predicted octanol–water partition coefficient (Wildman–Crippen LogP) is 5.88. The fraction of sp³-hybridized carbons (Fsp3) is 0.227. The van der Waals surface area contributed by atoms with Gasteiger partial charge in [-0.1, -0.05) is 53.3 Å². The first-order valence-electron chi connectivity index (χ1n) is 9.40. The first kappa shape index (κ1) is 19.6. The lowest BCUT2D eigenvalue weighted by atomic mass is 10.2. The summed E-state index contributed by atoms with van der Waals surface area (Å²) < 4.78 is 2.73. The molecule has 29 heavy (non-hydrogen) atoms. The Kier molecular flexibility index (Phi) is 5.39. The van der Waals surface area contributed by atoms with Crippen molar-refractivity contribution in [1.29, 1.82) is 0 Å². The van der Waals surface area contributed by atoms with Crippen LogP contribution in [0.4, 0.5) is 5.13 Å². The van der Waals surface area contributed by atoms with Gasteiger partial charge in [0, 0.05) is 11.1 Å². The van der Waals surface area contributed by atoms with Crippen LogP contribution >= 0.6 is 22.9 Å². The third-order valence-electron chi connectivity index (χ3n) is 4.56. The normalized spacial score (nSPS) is 11.3. The highest BCUT2D eigenvalue weighted by atomic mass is 35.5. The van der Waals surface area contributed by atoms with E-state index in [0.29, 0.717) is 22.4 Å². The molecule has 1 amide bonds. The number of thiazole rings is 1. The van der Waals surface area contributed by atoms with Crippen LogP contribution in [0.3, 0.4) is 0 Å². The van der Waals surface area contributed by atoms with Crippen molar-refractivity contribution in [3.63, 3.8) is 0 Å². The molecule has 0 fully saturated rings. The van der Waals surface area contributed by atoms with Gasteiger partial charge in [-0.3, -0.25) is 14.4 Å². The standard InChI is InChI=1S/C22H21ClN4OS/c1-14(2)27-19(11-15(3)25-27)21(28)26(13-16-7-5-4-6-8-16)22-24-18-10-9-17(23)12-20(18)29-22/h4-12,14H,13H2,1-3H3. The Hall–Kier alpha value is -2.70. The molecule has 0 unspecified atom stereocenters. The number of aromatic nitrogens is 3. The maximum atomic E-state index is 13.6. The van der Waals surface area contributed by atoms with Crippen LogP contribution in [0.15, 0.2) is 54.6 Å². The summed E-state index contributed by atoms with van der Waals surface area (Å²) in [5.74, 6) is -0.117. The van der Waals surface area contributed by atoms with E-state index in [1.807, 2.05) is 75.4 Å². The minimum atomic E-state index is -0.117. The van der Waals surface area contributed by atoms with Crippen LogP contribution in [0.25, 0.3) is 10.2 Å². The van der Waals surface area contributed by atoms with E-state index in [0.717, 1.165) is 21.5 Å². The van der Waals surface area contributed by atoms with Crippen LogP contribution in [0.2, 0.25) is 5.02 Å². The molecule has 0 aliphatic heterocycles. The van der Waals surface area contributed by atoms with E-state index >= 15 is 0 Å². The molecule has 0 spiro atoms. The number of amides is 1.